The fraction of sp³-hybridized carbons (Fsp3) is 0.231. The van der Waals surface area contributed by atoms with Crippen LogP contribution in [-0.4, -0.2) is 70.4 Å². The van der Waals surface area contributed by atoms with E-state index < -0.39 is 31.7 Å². The Morgan fingerprint density at radius 1 is 0.746 bits per heavy atom. The van der Waals surface area contributed by atoms with Gasteiger partial charge in [-0.15, -0.1) is 19.7 Å². The number of hydrogen-bond donors (Lipinski definition) is 4. The number of rotatable bonds is 19. The van der Waals surface area contributed by atoms with Crippen molar-refractivity contribution in [3.63, 3.8) is 0 Å². The minimum absolute atomic E-state index is 0.0136. The van der Waals surface area contributed by atoms with Gasteiger partial charge in [-0.1, -0.05) is 17.2 Å². The summed E-state index contributed by atoms with van der Waals surface area (Å²) in [4.78, 5) is 5.13. The highest BCUT2D eigenvalue weighted by Crippen LogP contribution is 2.42. The Bertz CT molecular complexity index is 3030. The molecule has 0 aliphatic carbocycles. The monoisotopic (exact) mass is 919 g/mol. The maximum Gasteiger partial charge on any atom is 0.264 e. The molecule has 2 aromatic heterocycles. The molecule has 0 bridgehead atoms. The molecule has 0 saturated carbocycles. The van der Waals surface area contributed by atoms with Gasteiger partial charge in [0.2, 0.25) is 5.88 Å². The molecule has 0 fully saturated rings. The topological polar surface area (TPSA) is 301 Å². The van der Waals surface area contributed by atoms with E-state index in [9.17, 15) is 36.3 Å². The van der Waals surface area contributed by atoms with E-state index in [0.29, 0.717) is 44.0 Å². The first-order valence-corrected chi connectivity index (χ1v) is 22.5. The lowest BCUT2D eigenvalue weighted by molar-refractivity contribution is -0.432. The summed E-state index contributed by atoms with van der Waals surface area (Å²) >= 11 is 0.777. The number of para-hydroxylation sites is 2. The first kappa shape index (κ1) is 46.1. The normalized spacial score (nSPS) is 12.3. The van der Waals surface area contributed by atoms with Crippen molar-refractivity contribution in [2.24, 2.45) is 30.7 Å². The van der Waals surface area contributed by atoms with Gasteiger partial charge in [-0.25, -0.2) is 10.2 Å². The first-order valence-electron chi connectivity index (χ1n) is 18.5. The third-order valence-corrected chi connectivity index (χ3v) is 11.2. The van der Waals surface area contributed by atoms with Crippen LogP contribution in [0.3, 0.4) is 0 Å². The van der Waals surface area contributed by atoms with Gasteiger partial charge in [0, 0.05) is 22.6 Å². The molecular formula is C39H37N9O12S3. The minimum atomic E-state index is -4.28. The van der Waals surface area contributed by atoms with Gasteiger partial charge in [0.25, 0.3) is 20.2 Å². The molecule has 0 aliphatic heterocycles. The Morgan fingerprint density at radius 3 is 1.84 bits per heavy atom. The van der Waals surface area contributed by atoms with Crippen molar-refractivity contribution in [2.75, 3.05) is 24.7 Å². The van der Waals surface area contributed by atoms with Crippen molar-refractivity contribution >= 4 is 83.1 Å². The molecule has 0 saturated heterocycles. The highest BCUT2D eigenvalue weighted by Gasteiger charge is 2.21. The molecule has 4 N–H and O–H groups in total. The number of aryl methyl sites for hydroxylation is 2. The fourth-order valence-corrected chi connectivity index (χ4v) is 7.26. The van der Waals surface area contributed by atoms with Crippen LogP contribution in [0.25, 0.3) is 16.7 Å². The van der Waals surface area contributed by atoms with E-state index in [1.807, 2.05) is 0 Å². The van der Waals surface area contributed by atoms with Gasteiger partial charge in [0.15, 0.2) is 11.3 Å². The summed E-state index contributed by atoms with van der Waals surface area (Å²) in [6.07, 6.45) is -0.137. The summed E-state index contributed by atoms with van der Waals surface area (Å²) in [5.74, 6) is -1.20. The molecule has 21 nitrogen and oxygen atoms in total. The molecular weight excluding hydrogens is 883 g/mol. The summed E-state index contributed by atoms with van der Waals surface area (Å²) < 4.78 is 81.7. The van der Waals surface area contributed by atoms with Gasteiger partial charge in [-0.3, -0.25) is 13.5 Å². The fourth-order valence-electron chi connectivity index (χ4n) is 5.94. The van der Waals surface area contributed by atoms with E-state index in [1.54, 1.807) is 81.4 Å². The van der Waals surface area contributed by atoms with E-state index in [1.165, 1.54) is 16.5 Å². The molecule has 0 amide bonds. The van der Waals surface area contributed by atoms with Gasteiger partial charge in [-0.2, -0.15) is 37.4 Å². The zero-order valence-corrected chi connectivity index (χ0v) is 35.9. The molecule has 2 heterocycles. The lowest BCUT2D eigenvalue weighted by atomic mass is 10.1. The van der Waals surface area contributed by atoms with Gasteiger partial charge in [-0.05, 0) is 93.3 Å². The molecule has 0 atom stereocenters. The van der Waals surface area contributed by atoms with Crippen molar-refractivity contribution in [3.8, 4) is 23.4 Å². The molecule has 328 valence electrons. The average Bonchev–Trinajstić information content (AvgIpc) is 3.62. The third kappa shape index (κ3) is 11.9. The predicted octanol–water partition coefficient (Wildman–Crippen LogP) is 9.98. The number of nitriles is 1. The van der Waals surface area contributed by atoms with Crippen LogP contribution < -0.4 is 9.47 Å². The molecule has 4 aromatic carbocycles. The Kier molecular flexibility index (Phi) is 14.8. The van der Waals surface area contributed by atoms with Crippen molar-refractivity contribution < 1.29 is 55.2 Å². The Labute approximate surface area is 363 Å². The largest absolute Gasteiger partial charge is 0.493 e. The molecule has 24 heteroatoms. The number of hydrogen-bond acceptors (Lipinski definition) is 19. The van der Waals surface area contributed by atoms with Crippen LogP contribution in [-0.2, 0) is 29.6 Å². The van der Waals surface area contributed by atoms with Crippen LogP contribution in [0.2, 0.25) is 0 Å². The smallest absolute Gasteiger partial charge is 0.264 e. The van der Waals surface area contributed by atoms with E-state index in [4.69, 9.17) is 14.7 Å². The number of azo groups is 3. The summed E-state index contributed by atoms with van der Waals surface area (Å²) in [5, 5.41) is 59.7. The van der Waals surface area contributed by atoms with Crippen LogP contribution in [0.1, 0.15) is 35.1 Å². The van der Waals surface area contributed by atoms with Crippen LogP contribution in [0, 0.1) is 32.1 Å². The number of fused-ring (bicyclic) bond motifs is 3. The molecule has 0 aliphatic rings. The van der Waals surface area contributed by atoms with Gasteiger partial charge in [0.1, 0.15) is 34.5 Å². The number of ether oxygens (including phenoxy) is 2. The lowest BCUT2D eigenvalue weighted by Crippen LogP contribution is -2.08. The Balaban J connectivity index is 1.35. The SMILES string of the molecule is Cc1cc(N=Nc2cc(OCCCS(=O)(=O)O)c(N=Nc3c(C)c(C#N)c4nc5ccccc5n4c3O)cc2C)c(OCCCS(=O)(=O)O)cc1N=Nc1ccc(SOOO)cc1. The Morgan fingerprint density at radius 2 is 1.29 bits per heavy atom. The predicted molar refractivity (Wildman–Crippen MR) is 229 cm³/mol. The van der Waals surface area contributed by atoms with Crippen LogP contribution in [0.15, 0.2) is 108 Å². The zero-order valence-electron chi connectivity index (χ0n) is 33.5. The van der Waals surface area contributed by atoms with Gasteiger partial charge >= 0.3 is 0 Å². The second-order valence-electron chi connectivity index (χ2n) is 13.6. The van der Waals surface area contributed by atoms with E-state index >= 15 is 0 Å². The standard InChI is InChI=1S/C39H37N9O12S3/c1-23-18-32(35(57-14-6-16-62(51,52)53)20-30(23)43-42-26-10-12-27(13-11-26)61-60-59-50)45-44-31-21-36(58-15-7-17-63(54,55)56)33(19-24(31)2)46-47-37-25(3)28(22-40)38-41-29-8-4-5-9-34(29)48(38)39(37)49/h4-5,8-13,18-21,49-50H,6-7,14-17H2,1-3H3,(H,51,52,53)(H,54,55,56). The number of benzene rings is 4. The Hall–Kier alpha value is -6.43. The van der Waals surface area contributed by atoms with Crippen LogP contribution in [0.5, 0.6) is 17.4 Å². The van der Waals surface area contributed by atoms with Crippen molar-refractivity contribution in [1.29, 1.82) is 5.26 Å². The van der Waals surface area contributed by atoms with Crippen molar-refractivity contribution in [3.05, 3.63) is 95.1 Å². The van der Waals surface area contributed by atoms with Crippen molar-refractivity contribution in [2.45, 2.75) is 38.5 Å². The highest BCUT2D eigenvalue weighted by molar-refractivity contribution is 7.94. The van der Waals surface area contributed by atoms with E-state index in [2.05, 4.69) is 51.1 Å². The van der Waals surface area contributed by atoms with Crippen LogP contribution in [0.4, 0.5) is 34.1 Å². The molecule has 6 rings (SSSR count). The number of nitrogens with zero attached hydrogens (tertiary/aromatic N) is 9. The molecule has 0 spiro atoms. The van der Waals surface area contributed by atoms with E-state index in [0.717, 1.165) is 12.0 Å². The lowest BCUT2D eigenvalue weighted by Gasteiger charge is -2.12. The number of aromatic hydroxyl groups is 1. The first-order chi connectivity index (χ1) is 30.0. The summed E-state index contributed by atoms with van der Waals surface area (Å²) in [6, 6.07) is 22.0. The molecule has 0 unspecified atom stereocenters. The minimum Gasteiger partial charge on any atom is -0.493 e. The van der Waals surface area contributed by atoms with Gasteiger partial charge < -0.3 is 14.6 Å². The van der Waals surface area contributed by atoms with Crippen molar-refractivity contribution in [1.82, 2.24) is 9.38 Å². The van der Waals surface area contributed by atoms with Crippen LogP contribution >= 0.6 is 12.0 Å². The second-order valence-corrected chi connectivity index (χ2v) is 17.5. The molecule has 0 radical (unpaired) electrons. The number of aromatic nitrogens is 2. The number of pyridine rings is 1. The zero-order chi connectivity index (χ0) is 45.3. The number of imidazole rings is 1. The highest BCUT2D eigenvalue weighted by atomic mass is 32.2. The third-order valence-electron chi connectivity index (χ3n) is 9.01. The summed E-state index contributed by atoms with van der Waals surface area (Å²) in [7, 11) is -8.53. The maximum atomic E-state index is 11.4. The quantitative estimate of drug-likeness (QED) is 0.0147. The molecule has 63 heavy (non-hydrogen) atoms. The molecule has 6 aromatic rings. The summed E-state index contributed by atoms with van der Waals surface area (Å²) in [6.45, 7) is 4.75. The average molecular weight is 920 g/mol. The maximum absolute atomic E-state index is 11.4. The van der Waals surface area contributed by atoms with Gasteiger partial charge in [0.05, 0.1) is 64.9 Å². The van der Waals surface area contributed by atoms with E-state index in [-0.39, 0.29) is 77.4 Å². The second kappa shape index (κ2) is 20.2. The summed E-state index contributed by atoms with van der Waals surface area (Å²) in [5.41, 5.74) is 4.40.